The number of hydrogen-bond acceptors (Lipinski definition) is 4. The molecule has 0 spiro atoms. The summed E-state index contributed by atoms with van der Waals surface area (Å²) in [5.41, 5.74) is 9.55. The van der Waals surface area contributed by atoms with Crippen molar-refractivity contribution in [3.63, 3.8) is 0 Å². The Morgan fingerprint density at radius 2 is 1.81 bits per heavy atom. The number of rotatable bonds is 2. The molecule has 21 heavy (non-hydrogen) atoms. The molecule has 1 heterocycles. The first-order valence-corrected chi connectivity index (χ1v) is 6.84. The molecule has 0 amide bonds. The van der Waals surface area contributed by atoms with Crippen LogP contribution < -0.4 is 5.73 Å². The van der Waals surface area contributed by atoms with Crippen LogP contribution in [-0.2, 0) is 5.60 Å². The number of nitrogens with two attached hydrogens (primary N) is 1. The Labute approximate surface area is 123 Å². The molecule has 0 aliphatic carbocycles. The number of oxazole rings is 1. The molecule has 108 valence electrons. The van der Waals surface area contributed by atoms with Crippen molar-refractivity contribution in [2.24, 2.45) is 0 Å². The van der Waals surface area contributed by atoms with Crippen LogP contribution in [0.2, 0.25) is 0 Å². The molecule has 0 aliphatic heterocycles. The molecule has 1 aromatic heterocycles. The fraction of sp³-hybridized carbons (Fsp3) is 0.235. The maximum atomic E-state index is 10.1. The Kier molecular flexibility index (Phi) is 2.99. The van der Waals surface area contributed by atoms with Crippen molar-refractivity contribution in [2.75, 3.05) is 5.73 Å². The number of nitrogens with zero attached hydrogens (tertiary/aromatic N) is 1. The molecule has 2 aromatic carbocycles. The summed E-state index contributed by atoms with van der Waals surface area (Å²) in [7, 11) is 0. The molecule has 4 nitrogen and oxygen atoms in total. The van der Waals surface area contributed by atoms with Gasteiger partial charge in [-0.05, 0) is 39.0 Å². The molecule has 3 rings (SSSR count). The Morgan fingerprint density at radius 1 is 1.14 bits per heavy atom. The van der Waals surface area contributed by atoms with Gasteiger partial charge in [-0.1, -0.05) is 17.7 Å². The normalized spacial score (nSPS) is 12.0. The van der Waals surface area contributed by atoms with Crippen molar-refractivity contribution in [2.45, 2.75) is 26.4 Å². The Hall–Kier alpha value is -2.33. The zero-order chi connectivity index (χ0) is 15.2. The summed E-state index contributed by atoms with van der Waals surface area (Å²) in [4.78, 5) is 4.49. The van der Waals surface area contributed by atoms with E-state index in [1.54, 1.807) is 26.0 Å². The van der Waals surface area contributed by atoms with E-state index in [-0.39, 0.29) is 0 Å². The maximum absolute atomic E-state index is 10.1. The fourth-order valence-electron chi connectivity index (χ4n) is 2.34. The van der Waals surface area contributed by atoms with Crippen LogP contribution >= 0.6 is 0 Å². The average molecular weight is 282 g/mol. The van der Waals surface area contributed by atoms with E-state index in [9.17, 15) is 5.11 Å². The summed E-state index contributed by atoms with van der Waals surface area (Å²) in [6.07, 6.45) is 0. The van der Waals surface area contributed by atoms with Gasteiger partial charge < -0.3 is 15.3 Å². The first kappa shape index (κ1) is 13.6. The third-order valence-corrected chi connectivity index (χ3v) is 3.52. The number of aryl methyl sites for hydroxylation is 1. The fourth-order valence-corrected chi connectivity index (χ4v) is 2.34. The zero-order valence-corrected chi connectivity index (χ0v) is 12.3. The third kappa shape index (κ3) is 2.50. The SMILES string of the molecule is Cc1ccc(-c2nc3cc(C(C)(C)O)c(N)cc3o2)cc1. The molecule has 4 heteroatoms. The smallest absolute Gasteiger partial charge is 0.227 e. The molecular formula is C17H18N2O2. The van der Waals surface area contributed by atoms with Gasteiger partial charge in [0.05, 0.1) is 5.60 Å². The van der Waals surface area contributed by atoms with Crippen LogP contribution in [0.15, 0.2) is 40.8 Å². The van der Waals surface area contributed by atoms with Crippen LogP contribution in [0.4, 0.5) is 5.69 Å². The summed E-state index contributed by atoms with van der Waals surface area (Å²) in [6, 6.07) is 11.5. The van der Waals surface area contributed by atoms with Crippen LogP contribution in [0.5, 0.6) is 0 Å². The van der Waals surface area contributed by atoms with Gasteiger partial charge in [0.15, 0.2) is 5.58 Å². The van der Waals surface area contributed by atoms with Gasteiger partial charge in [0.1, 0.15) is 5.52 Å². The van der Waals surface area contributed by atoms with Crippen LogP contribution in [0.1, 0.15) is 25.0 Å². The van der Waals surface area contributed by atoms with E-state index in [1.807, 2.05) is 31.2 Å². The van der Waals surface area contributed by atoms with Gasteiger partial charge in [0, 0.05) is 22.9 Å². The minimum Gasteiger partial charge on any atom is -0.436 e. The summed E-state index contributed by atoms with van der Waals surface area (Å²) in [5.74, 6) is 0.553. The molecule has 0 atom stereocenters. The molecule has 0 fully saturated rings. The molecule has 0 aliphatic rings. The topological polar surface area (TPSA) is 72.3 Å². The number of nitrogen functional groups attached to an aromatic ring is 1. The van der Waals surface area contributed by atoms with E-state index >= 15 is 0 Å². The van der Waals surface area contributed by atoms with Gasteiger partial charge in [-0.2, -0.15) is 0 Å². The van der Waals surface area contributed by atoms with Crippen molar-refractivity contribution in [3.8, 4) is 11.5 Å². The minimum absolute atomic E-state index is 0.501. The van der Waals surface area contributed by atoms with Gasteiger partial charge in [0.25, 0.3) is 0 Å². The first-order chi connectivity index (χ1) is 9.84. The molecule has 3 N–H and O–H groups in total. The molecular weight excluding hydrogens is 264 g/mol. The third-order valence-electron chi connectivity index (χ3n) is 3.52. The molecule has 3 aromatic rings. The lowest BCUT2D eigenvalue weighted by atomic mass is 9.96. The quantitative estimate of drug-likeness (QED) is 0.704. The molecule has 0 saturated heterocycles. The standard InChI is InChI=1S/C17H18N2O2/c1-10-4-6-11(7-5-10)16-19-14-8-12(17(2,3)20)13(18)9-15(14)21-16/h4-9,20H,18H2,1-3H3. The number of hydrogen-bond donors (Lipinski definition) is 2. The van der Waals surface area contributed by atoms with E-state index in [4.69, 9.17) is 10.2 Å². The Bertz CT molecular complexity index is 796. The lowest BCUT2D eigenvalue weighted by molar-refractivity contribution is 0.0795. The van der Waals surface area contributed by atoms with Gasteiger partial charge in [-0.15, -0.1) is 0 Å². The van der Waals surface area contributed by atoms with E-state index in [0.29, 0.717) is 28.2 Å². The van der Waals surface area contributed by atoms with Crippen LogP contribution in [0.25, 0.3) is 22.6 Å². The highest BCUT2D eigenvalue weighted by molar-refractivity contribution is 5.81. The van der Waals surface area contributed by atoms with Crippen molar-refractivity contribution in [3.05, 3.63) is 47.5 Å². The second kappa shape index (κ2) is 4.60. The second-order valence-corrected chi connectivity index (χ2v) is 5.85. The summed E-state index contributed by atoms with van der Waals surface area (Å²) < 4.78 is 5.77. The van der Waals surface area contributed by atoms with Gasteiger partial charge in [0.2, 0.25) is 5.89 Å². The second-order valence-electron chi connectivity index (χ2n) is 5.85. The van der Waals surface area contributed by atoms with Gasteiger partial charge >= 0.3 is 0 Å². The van der Waals surface area contributed by atoms with Crippen LogP contribution in [0, 0.1) is 6.92 Å². The minimum atomic E-state index is -1.01. The summed E-state index contributed by atoms with van der Waals surface area (Å²) >= 11 is 0. The lowest BCUT2D eigenvalue weighted by Crippen LogP contribution is -2.17. The number of anilines is 1. The van der Waals surface area contributed by atoms with Gasteiger partial charge in [-0.3, -0.25) is 0 Å². The monoisotopic (exact) mass is 282 g/mol. The predicted octanol–water partition coefficient (Wildman–Crippen LogP) is 3.61. The molecule has 0 saturated carbocycles. The van der Waals surface area contributed by atoms with E-state index in [1.165, 1.54) is 5.56 Å². The van der Waals surface area contributed by atoms with E-state index in [2.05, 4.69) is 4.98 Å². The number of aromatic nitrogens is 1. The molecule has 0 unspecified atom stereocenters. The highest BCUT2D eigenvalue weighted by Crippen LogP contribution is 2.32. The number of fused-ring (bicyclic) bond motifs is 1. The summed E-state index contributed by atoms with van der Waals surface area (Å²) in [6.45, 7) is 5.43. The van der Waals surface area contributed by atoms with Crippen LogP contribution in [-0.4, -0.2) is 10.1 Å². The van der Waals surface area contributed by atoms with Crippen LogP contribution in [0.3, 0.4) is 0 Å². The molecule has 0 bridgehead atoms. The number of benzene rings is 2. The highest BCUT2D eigenvalue weighted by Gasteiger charge is 2.21. The lowest BCUT2D eigenvalue weighted by Gasteiger charge is -2.19. The Morgan fingerprint density at radius 3 is 2.43 bits per heavy atom. The Balaban J connectivity index is 2.14. The van der Waals surface area contributed by atoms with Crippen molar-refractivity contribution in [1.29, 1.82) is 0 Å². The molecule has 0 radical (unpaired) electrons. The summed E-state index contributed by atoms with van der Waals surface area (Å²) in [5, 5.41) is 10.1. The highest BCUT2D eigenvalue weighted by atomic mass is 16.3. The maximum Gasteiger partial charge on any atom is 0.227 e. The largest absolute Gasteiger partial charge is 0.436 e. The first-order valence-electron chi connectivity index (χ1n) is 6.84. The predicted molar refractivity (Wildman–Crippen MR) is 83.8 cm³/mol. The van der Waals surface area contributed by atoms with Crippen molar-refractivity contribution in [1.82, 2.24) is 4.98 Å². The van der Waals surface area contributed by atoms with Crippen molar-refractivity contribution >= 4 is 16.8 Å². The van der Waals surface area contributed by atoms with Gasteiger partial charge in [-0.25, -0.2) is 4.98 Å². The zero-order valence-electron chi connectivity index (χ0n) is 12.3. The van der Waals surface area contributed by atoms with Crippen molar-refractivity contribution < 1.29 is 9.52 Å². The number of aliphatic hydroxyl groups is 1. The average Bonchev–Trinajstić information content (AvgIpc) is 2.80. The van der Waals surface area contributed by atoms with E-state index in [0.717, 1.165) is 5.56 Å². The van der Waals surface area contributed by atoms with E-state index < -0.39 is 5.60 Å².